The van der Waals surface area contributed by atoms with Gasteiger partial charge in [0.2, 0.25) is 0 Å². The Balaban J connectivity index is 2.55. The molecule has 0 aliphatic rings. The first-order valence-electron chi connectivity index (χ1n) is 4.83. The third-order valence-corrected chi connectivity index (χ3v) is 3.00. The molecular weight excluding hydrogens is 195 g/mol. The molecule has 0 bridgehead atoms. The van der Waals surface area contributed by atoms with E-state index >= 15 is 0 Å². The monoisotopic (exact) mass is 210 g/mol. The van der Waals surface area contributed by atoms with E-state index in [0.717, 1.165) is 10.6 Å². The minimum Gasteiger partial charge on any atom is -0.423 e. The molecule has 0 fully saturated rings. The molecule has 0 saturated heterocycles. The molecule has 0 amide bonds. The number of hydrogen-bond donors (Lipinski definition) is 2. The second-order valence-electron chi connectivity index (χ2n) is 3.15. The van der Waals surface area contributed by atoms with Crippen molar-refractivity contribution in [2.24, 2.45) is 0 Å². The van der Waals surface area contributed by atoms with E-state index < -0.39 is 7.12 Å². The normalized spacial score (nSPS) is 10.2. The summed E-state index contributed by atoms with van der Waals surface area (Å²) in [5.74, 6) is 1.08. The second kappa shape index (κ2) is 6.12. The first kappa shape index (κ1) is 11.6. The quantitative estimate of drug-likeness (QED) is 0.436. The fourth-order valence-electron chi connectivity index (χ4n) is 1.10. The SMILES string of the molecule is CCCCSc1cccc(B(O)O)c1. The lowest BCUT2D eigenvalue weighted by Crippen LogP contribution is -2.29. The van der Waals surface area contributed by atoms with E-state index in [-0.39, 0.29) is 0 Å². The van der Waals surface area contributed by atoms with E-state index in [1.54, 1.807) is 17.8 Å². The van der Waals surface area contributed by atoms with Crippen LogP contribution in [0.25, 0.3) is 0 Å². The predicted molar refractivity (Wildman–Crippen MR) is 61.9 cm³/mol. The summed E-state index contributed by atoms with van der Waals surface area (Å²) in [4.78, 5) is 1.10. The Morgan fingerprint density at radius 3 is 2.79 bits per heavy atom. The number of rotatable bonds is 5. The molecule has 0 unspecified atom stereocenters. The van der Waals surface area contributed by atoms with Gasteiger partial charge in [-0.2, -0.15) is 0 Å². The van der Waals surface area contributed by atoms with Crippen molar-refractivity contribution in [3.63, 3.8) is 0 Å². The Kier molecular flexibility index (Phi) is 5.08. The highest BCUT2D eigenvalue weighted by Crippen LogP contribution is 2.17. The molecule has 1 rings (SSSR count). The van der Waals surface area contributed by atoms with Gasteiger partial charge in [0.05, 0.1) is 0 Å². The van der Waals surface area contributed by atoms with Crippen molar-refractivity contribution in [3.8, 4) is 0 Å². The van der Waals surface area contributed by atoms with Gasteiger partial charge in [-0.25, -0.2) is 0 Å². The molecule has 14 heavy (non-hydrogen) atoms. The molecule has 0 atom stereocenters. The largest absolute Gasteiger partial charge is 0.488 e. The zero-order valence-electron chi connectivity index (χ0n) is 8.31. The summed E-state index contributed by atoms with van der Waals surface area (Å²) >= 11 is 1.75. The number of thioether (sulfide) groups is 1. The van der Waals surface area contributed by atoms with Crippen LogP contribution in [0, 0.1) is 0 Å². The molecule has 0 aromatic heterocycles. The van der Waals surface area contributed by atoms with E-state index in [1.165, 1.54) is 12.8 Å². The zero-order chi connectivity index (χ0) is 10.4. The Hall–Kier alpha value is -0.445. The Labute approximate surface area is 89.5 Å². The summed E-state index contributed by atoms with van der Waals surface area (Å²) in [5.41, 5.74) is 0.562. The molecule has 76 valence electrons. The lowest BCUT2D eigenvalue weighted by Gasteiger charge is -2.03. The summed E-state index contributed by atoms with van der Waals surface area (Å²) in [7, 11) is -1.36. The van der Waals surface area contributed by atoms with Crippen LogP contribution in [0.2, 0.25) is 0 Å². The van der Waals surface area contributed by atoms with E-state index in [1.807, 2.05) is 18.2 Å². The summed E-state index contributed by atoms with van der Waals surface area (Å²) in [6.45, 7) is 2.16. The highest BCUT2D eigenvalue weighted by atomic mass is 32.2. The fraction of sp³-hybridized carbons (Fsp3) is 0.400. The standard InChI is InChI=1S/C10H15BO2S/c1-2-3-7-14-10-6-4-5-9(8-10)11(12)13/h4-6,8,12-13H,2-3,7H2,1H3. The average Bonchev–Trinajstić information content (AvgIpc) is 2.19. The summed E-state index contributed by atoms with van der Waals surface area (Å²) in [6.07, 6.45) is 2.38. The number of hydrogen-bond acceptors (Lipinski definition) is 3. The summed E-state index contributed by atoms with van der Waals surface area (Å²) in [6, 6.07) is 7.38. The van der Waals surface area contributed by atoms with Gasteiger partial charge in [-0.1, -0.05) is 25.5 Å². The van der Waals surface area contributed by atoms with Gasteiger partial charge in [0.15, 0.2) is 0 Å². The van der Waals surface area contributed by atoms with Crippen LogP contribution >= 0.6 is 11.8 Å². The Morgan fingerprint density at radius 2 is 2.14 bits per heavy atom. The van der Waals surface area contributed by atoms with Gasteiger partial charge in [0.25, 0.3) is 0 Å². The minimum atomic E-state index is -1.36. The van der Waals surface area contributed by atoms with E-state index in [4.69, 9.17) is 10.0 Å². The first-order chi connectivity index (χ1) is 6.74. The fourth-order valence-corrected chi connectivity index (χ4v) is 2.16. The van der Waals surface area contributed by atoms with Crippen molar-refractivity contribution in [1.82, 2.24) is 0 Å². The molecule has 0 spiro atoms. The average molecular weight is 210 g/mol. The van der Waals surface area contributed by atoms with Crippen molar-refractivity contribution >= 4 is 24.3 Å². The van der Waals surface area contributed by atoms with Gasteiger partial charge in [0, 0.05) is 4.90 Å². The maximum absolute atomic E-state index is 8.97. The lowest BCUT2D eigenvalue weighted by molar-refractivity contribution is 0.425. The van der Waals surface area contributed by atoms with Crippen LogP contribution in [0.1, 0.15) is 19.8 Å². The van der Waals surface area contributed by atoms with Crippen LogP contribution in [0.15, 0.2) is 29.2 Å². The maximum atomic E-state index is 8.97. The van der Waals surface area contributed by atoms with Crippen LogP contribution in [0.4, 0.5) is 0 Å². The minimum absolute atomic E-state index is 0.562. The van der Waals surface area contributed by atoms with Crippen LogP contribution in [-0.2, 0) is 0 Å². The highest BCUT2D eigenvalue weighted by molar-refractivity contribution is 7.99. The van der Waals surface area contributed by atoms with E-state index in [9.17, 15) is 0 Å². The summed E-state index contributed by atoms with van der Waals surface area (Å²) in [5, 5.41) is 17.9. The molecule has 0 saturated carbocycles. The maximum Gasteiger partial charge on any atom is 0.488 e. The molecule has 0 aliphatic carbocycles. The topological polar surface area (TPSA) is 40.5 Å². The predicted octanol–water partition coefficient (Wildman–Crippen LogP) is 1.26. The molecule has 1 aromatic carbocycles. The molecule has 0 heterocycles. The van der Waals surface area contributed by atoms with Gasteiger partial charge < -0.3 is 10.0 Å². The molecule has 0 radical (unpaired) electrons. The van der Waals surface area contributed by atoms with Gasteiger partial charge in [-0.05, 0) is 29.8 Å². The van der Waals surface area contributed by atoms with E-state index in [2.05, 4.69) is 6.92 Å². The summed E-state index contributed by atoms with van der Waals surface area (Å²) < 4.78 is 0. The highest BCUT2D eigenvalue weighted by Gasteiger charge is 2.10. The van der Waals surface area contributed by atoms with Crippen LogP contribution in [0.3, 0.4) is 0 Å². The van der Waals surface area contributed by atoms with Gasteiger partial charge >= 0.3 is 7.12 Å². The van der Waals surface area contributed by atoms with Crippen LogP contribution in [0.5, 0.6) is 0 Å². The molecule has 1 aromatic rings. The number of benzene rings is 1. The second-order valence-corrected chi connectivity index (χ2v) is 4.32. The van der Waals surface area contributed by atoms with Crippen LogP contribution in [-0.4, -0.2) is 22.9 Å². The first-order valence-corrected chi connectivity index (χ1v) is 5.81. The molecule has 2 nitrogen and oxygen atoms in total. The van der Waals surface area contributed by atoms with Crippen molar-refractivity contribution in [1.29, 1.82) is 0 Å². The van der Waals surface area contributed by atoms with Gasteiger partial charge in [-0.15, -0.1) is 11.8 Å². The molecule has 0 aliphatic heterocycles. The lowest BCUT2D eigenvalue weighted by atomic mass is 9.80. The number of unbranched alkanes of at least 4 members (excludes halogenated alkanes) is 1. The van der Waals surface area contributed by atoms with Crippen LogP contribution < -0.4 is 5.46 Å². The third-order valence-electron chi connectivity index (χ3n) is 1.92. The van der Waals surface area contributed by atoms with E-state index in [0.29, 0.717) is 5.46 Å². The molecular formula is C10H15BO2S. The van der Waals surface area contributed by atoms with Crippen molar-refractivity contribution in [3.05, 3.63) is 24.3 Å². The zero-order valence-corrected chi connectivity index (χ0v) is 9.13. The van der Waals surface area contributed by atoms with Gasteiger partial charge in [0.1, 0.15) is 0 Å². The van der Waals surface area contributed by atoms with Crippen molar-refractivity contribution in [2.75, 3.05) is 5.75 Å². The molecule has 4 heteroatoms. The third kappa shape index (κ3) is 3.74. The smallest absolute Gasteiger partial charge is 0.423 e. The van der Waals surface area contributed by atoms with Gasteiger partial charge in [-0.3, -0.25) is 0 Å². The van der Waals surface area contributed by atoms with Crippen molar-refractivity contribution in [2.45, 2.75) is 24.7 Å². The Morgan fingerprint density at radius 1 is 1.36 bits per heavy atom. The van der Waals surface area contributed by atoms with Crippen molar-refractivity contribution < 1.29 is 10.0 Å². The molecule has 2 N–H and O–H groups in total. The Bertz CT molecular complexity index is 279.